The highest BCUT2D eigenvalue weighted by molar-refractivity contribution is 9.10. The predicted octanol–water partition coefficient (Wildman–Crippen LogP) is 3.63. The Hall–Kier alpha value is -1.31. The van der Waals surface area contributed by atoms with Crippen molar-refractivity contribution in [3.05, 3.63) is 44.1 Å². The van der Waals surface area contributed by atoms with Gasteiger partial charge in [0, 0.05) is 11.1 Å². The molecule has 0 bridgehead atoms. The number of amides is 1. The molecule has 4 nitrogen and oxygen atoms in total. The first-order valence-corrected chi connectivity index (χ1v) is 7.53. The van der Waals surface area contributed by atoms with E-state index in [-0.39, 0.29) is 17.6 Å². The molecule has 0 aliphatic rings. The molecular formula is C13H13BrFN3OS. The molecule has 20 heavy (non-hydrogen) atoms. The highest BCUT2D eigenvalue weighted by atomic mass is 79.9. The van der Waals surface area contributed by atoms with Gasteiger partial charge >= 0.3 is 0 Å². The molecular weight excluding hydrogens is 345 g/mol. The minimum absolute atomic E-state index is 0.214. The number of carbonyl (C=O) groups excluding carboxylic acids is 1. The minimum atomic E-state index is -0.430. The molecule has 0 aliphatic heterocycles. The second-order valence-corrected chi connectivity index (χ2v) is 6.14. The zero-order chi connectivity index (χ0) is 14.9. The van der Waals surface area contributed by atoms with Crippen molar-refractivity contribution in [2.45, 2.75) is 19.9 Å². The Morgan fingerprint density at radius 3 is 2.85 bits per heavy atom. The molecule has 2 aromatic rings. The van der Waals surface area contributed by atoms with Crippen LogP contribution in [0.5, 0.6) is 0 Å². The number of nitrogens with one attached hydrogen (secondary N) is 1. The maximum Gasteiger partial charge on any atom is 0.275 e. The van der Waals surface area contributed by atoms with Crippen LogP contribution in [0.4, 0.5) is 10.1 Å². The van der Waals surface area contributed by atoms with Crippen LogP contribution in [0, 0.1) is 12.7 Å². The summed E-state index contributed by atoms with van der Waals surface area (Å²) >= 11 is 4.43. The van der Waals surface area contributed by atoms with E-state index in [1.807, 2.05) is 0 Å². The molecule has 0 radical (unpaired) electrons. The lowest BCUT2D eigenvalue weighted by Gasteiger charge is -2.08. The summed E-state index contributed by atoms with van der Waals surface area (Å²) in [5.41, 5.74) is 7.17. The number of aryl methyl sites for hydroxylation is 1. The third-order valence-corrected chi connectivity index (χ3v) is 4.31. The maximum absolute atomic E-state index is 13.5. The quantitative estimate of drug-likeness (QED) is 0.881. The zero-order valence-corrected chi connectivity index (χ0v) is 13.3. The van der Waals surface area contributed by atoms with Crippen molar-refractivity contribution < 1.29 is 9.18 Å². The number of benzene rings is 1. The summed E-state index contributed by atoms with van der Waals surface area (Å²) in [5.74, 6) is -0.807. The molecule has 0 aliphatic carbocycles. The van der Waals surface area contributed by atoms with E-state index in [2.05, 4.69) is 26.2 Å². The molecule has 106 valence electrons. The van der Waals surface area contributed by atoms with Crippen LogP contribution in [-0.4, -0.2) is 10.9 Å². The highest BCUT2D eigenvalue weighted by Gasteiger charge is 2.14. The van der Waals surface area contributed by atoms with Gasteiger partial charge in [0.1, 0.15) is 16.5 Å². The van der Waals surface area contributed by atoms with Crippen LogP contribution in [0.1, 0.15) is 34.0 Å². The first-order chi connectivity index (χ1) is 9.38. The molecule has 1 atom stereocenters. The van der Waals surface area contributed by atoms with Crippen molar-refractivity contribution in [3.8, 4) is 0 Å². The van der Waals surface area contributed by atoms with Crippen molar-refractivity contribution in [2.75, 3.05) is 5.32 Å². The van der Waals surface area contributed by atoms with E-state index >= 15 is 0 Å². The van der Waals surface area contributed by atoms with Gasteiger partial charge in [-0.2, -0.15) is 0 Å². The second kappa shape index (κ2) is 5.99. The van der Waals surface area contributed by atoms with E-state index in [4.69, 9.17) is 5.73 Å². The number of carbonyl (C=O) groups is 1. The van der Waals surface area contributed by atoms with Gasteiger partial charge in [0.15, 0.2) is 0 Å². The normalized spacial score (nSPS) is 12.2. The summed E-state index contributed by atoms with van der Waals surface area (Å²) in [6.45, 7) is 3.59. The van der Waals surface area contributed by atoms with Gasteiger partial charge in [0.05, 0.1) is 10.5 Å². The number of rotatable bonds is 3. The van der Waals surface area contributed by atoms with Gasteiger partial charge < -0.3 is 11.1 Å². The lowest BCUT2D eigenvalue weighted by atomic mass is 10.2. The van der Waals surface area contributed by atoms with E-state index in [1.165, 1.54) is 17.4 Å². The number of hydrogen-bond acceptors (Lipinski definition) is 4. The van der Waals surface area contributed by atoms with Gasteiger partial charge in [-0.3, -0.25) is 4.79 Å². The summed E-state index contributed by atoms with van der Waals surface area (Å²) in [6.07, 6.45) is 0. The molecule has 0 spiro atoms. The minimum Gasteiger partial charge on any atom is -0.322 e. The summed E-state index contributed by atoms with van der Waals surface area (Å²) in [7, 11) is 0. The van der Waals surface area contributed by atoms with Crippen molar-refractivity contribution >= 4 is 38.9 Å². The fourth-order valence-electron chi connectivity index (χ4n) is 1.57. The molecule has 0 saturated heterocycles. The number of nitrogens with zero attached hydrogens (tertiary/aromatic N) is 1. The van der Waals surface area contributed by atoms with Crippen LogP contribution in [0.25, 0.3) is 0 Å². The number of halogens is 2. The number of aromatic nitrogens is 1. The Morgan fingerprint density at radius 2 is 2.25 bits per heavy atom. The van der Waals surface area contributed by atoms with E-state index in [1.54, 1.807) is 25.3 Å². The Labute approximate surface area is 128 Å². The van der Waals surface area contributed by atoms with E-state index in [9.17, 15) is 9.18 Å². The molecule has 2 rings (SSSR count). The summed E-state index contributed by atoms with van der Waals surface area (Å²) in [4.78, 5) is 16.2. The summed E-state index contributed by atoms with van der Waals surface area (Å²) in [5, 5.41) is 4.98. The molecule has 3 N–H and O–H groups in total. The van der Waals surface area contributed by atoms with Crippen molar-refractivity contribution in [2.24, 2.45) is 5.73 Å². The molecule has 7 heteroatoms. The van der Waals surface area contributed by atoms with Gasteiger partial charge in [0.25, 0.3) is 5.91 Å². The first kappa shape index (κ1) is 15.1. The van der Waals surface area contributed by atoms with Crippen LogP contribution >= 0.6 is 27.3 Å². The van der Waals surface area contributed by atoms with Gasteiger partial charge in [-0.25, -0.2) is 9.37 Å². The van der Waals surface area contributed by atoms with Crippen LogP contribution in [0.2, 0.25) is 0 Å². The smallest absolute Gasteiger partial charge is 0.275 e. The number of nitrogens with two attached hydrogens (primary N) is 1. The molecule has 1 aromatic carbocycles. The van der Waals surface area contributed by atoms with Crippen molar-refractivity contribution in [1.82, 2.24) is 4.98 Å². The topological polar surface area (TPSA) is 68.0 Å². The fourth-order valence-corrected chi connectivity index (χ4v) is 2.78. The monoisotopic (exact) mass is 357 g/mol. The zero-order valence-electron chi connectivity index (χ0n) is 10.9. The number of anilines is 1. The summed E-state index contributed by atoms with van der Waals surface area (Å²) in [6, 6.07) is 2.67. The molecule has 1 heterocycles. The Balaban J connectivity index is 2.21. The average Bonchev–Trinajstić information content (AvgIpc) is 2.85. The van der Waals surface area contributed by atoms with Gasteiger partial charge in [0.2, 0.25) is 0 Å². The third-order valence-electron chi connectivity index (χ3n) is 2.66. The van der Waals surface area contributed by atoms with E-state index in [0.717, 1.165) is 5.56 Å². The van der Waals surface area contributed by atoms with Crippen LogP contribution < -0.4 is 11.1 Å². The Kier molecular flexibility index (Phi) is 4.52. The Bertz CT molecular complexity index is 657. The van der Waals surface area contributed by atoms with Gasteiger partial charge in [-0.05, 0) is 47.5 Å². The third kappa shape index (κ3) is 3.23. The Morgan fingerprint density at radius 1 is 1.55 bits per heavy atom. The molecule has 1 aromatic heterocycles. The SMILES string of the molecule is Cc1cc(Br)c(F)cc1NC(=O)c1csc(C(C)N)n1. The highest BCUT2D eigenvalue weighted by Crippen LogP contribution is 2.24. The number of thiazole rings is 1. The predicted molar refractivity (Wildman–Crippen MR) is 81.5 cm³/mol. The fraction of sp³-hybridized carbons (Fsp3) is 0.231. The van der Waals surface area contributed by atoms with Crippen molar-refractivity contribution in [3.63, 3.8) is 0 Å². The standard InChI is InChI=1S/C13H13BrFN3OS/c1-6-3-8(14)9(15)4-10(6)17-12(19)11-5-20-13(18-11)7(2)16/h3-5,7H,16H2,1-2H3,(H,17,19). The van der Waals surface area contributed by atoms with Crippen molar-refractivity contribution in [1.29, 1.82) is 0 Å². The second-order valence-electron chi connectivity index (χ2n) is 4.40. The van der Waals surface area contributed by atoms with E-state index < -0.39 is 5.82 Å². The lowest BCUT2D eigenvalue weighted by Crippen LogP contribution is -2.14. The van der Waals surface area contributed by atoms with Gasteiger partial charge in [-0.15, -0.1) is 11.3 Å². The molecule has 1 unspecified atom stereocenters. The molecule has 1 amide bonds. The van der Waals surface area contributed by atoms with Crippen LogP contribution in [0.15, 0.2) is 22.0 Å². The largest absolute Gasteiger partial charge is 0.322 e. The summed E-state index contributed by atoms with van der Waals surface area (Å²) < 4.78 is 13.9. The maximum atomic E-state index is 13.5. The van der Waals surface area contributed by atoms with Crippen LogP contribution in [-0.2, 0) is 0 Å². The number of hydrogen-bond donors (Lipinski definition) is 2. The average molecular weight is 358 g/mol. The first-order valence-electron chi connectivity index (χ1n) is 5.86. The molecule has 0 fully saturated rings. The van der Waals surface area contributed by atoms with Crippen LogP contribution in [0.3, 0.4) is 0 Å². The van der Waals surface area contributed by atoms with Gasteiger partial charge in [-0.1, -0.05) is 0 Å². The van der Waals surface area contributed by atoms with E-state index in [0.29, 0.717) is 15.2 Å². The lowest BCUT2D eigenvalue weighted by molar-refractivity contribution is 0.102. The molecule has 0 saturated carbocycles.